The highest BCUT2D eigenvalue weighted by Crippen LogP contribution is 2.17. The second-order valence-electron chi connectivity index (χ2n) is 4.40. The van der Waals surface area contributed by atoms with Gasteiger partial charge in [0.25, 0.3) is 10.2 Å². The summed E-state index contributed by atoms with van der Waals surface area (Å²) in [6.07, 6.45) is 3.56. The summed E-state index contributed by atoms with van der Waals surface area (Å²) in [5.74, 6) is 0.277. The summed E-state index contributed by atoms with van der Waals surface area (Å²) in [4.78, 5) is 4.82. The molecule has 102 valence electrons. The average molecular weight is 290 g/mol. The summed E-state index contributed by atoms with van der Waals surface area (Å²) in [7, 11) is -3.40. The van der Waals surface area contributed by atoms with Crippen LogP contribution in [-0.2, 0) is 16.8 Å². The van der Waals surface area contributed by atoms with Crippen LogP contribution in [0.2, 0.25) is 0 Å². The number of nitrogens with one attached hydrogen (secondary N) is 1. The summed E-state index contributed by atoms with van der Waals surface area (Å²) in [6, 6.07) is 0. The Morgan fingerprint density at radius 1 is 1.61 bits per heavy atom. The normalized spacial score (nSPS) is 22.2. The quantitative estimate of drug-likeness (QED) is 0.808. The van der Waals surface area contributed by atoms with Gasteiger partial charge in [0, 0.05) is 30.7 Å². The van der Waals surface area contributed by atoms with E-state index in [-0.39, 0.29) is 5.92 Å². The van der Waals surface area contributed by atoms with E-state index in [0.29, 0.717) is 26.2 Å². The summed E-state index contributed by atoms with van der Waals surface area (Å²) in [6.45, 7) is 1.95. The minimum Gasteiger partial charge on any atom is -0.330 e. The topological polar surface area (TPSA) is 88.3 Å². The Labute approximate surface area is 111 Å². The molecule has 2 rings (SSSR count). The molecule has 0 aromatic carbocycles. The van der Waals surface area contributed by atoms with Gasteiger partial charge in [0.05, 0.1) is 5.51 Å². The summed E-state index contributed by atoms with van der Waals surface area (Å²) >= 11 is 1.44. The van der Waals surface area contributed by atoms with Gasteiger partial charge in [0.2, 0.25) is 0 Å². The maximum atomic E-state index is 12.1. The highest BCUT2D eigenvalue weighted by molar-refractivity contribution is 7.87. The van der Waals surface area contributed by atoms with Crippen LogP contribution in [0.3, 0.4) is 0 Å². The molecule has 6 nitrogen and oxygen atoms in total. The van der Waals surface area contributed by atoms with Crippen molar-refractivity contribution in [3.63, 3.8) is 0 Å². The van der Waals surface area contributed by atoms with Crippen molar-refractivity contribution in [2.75, 3.05) is 19.6 Å². The van der Waals surface area contributed by atoms with E-state index in [1.807, 2.05) is 0 Å². The fourth-order valence-electron chi connectivity index (χ4n) is 2.02. The Bertz CT molecular complexity index is 460. The molecule has 1 saturated heterocycles. The zero-order valence-corrected chi connectivity index (χ0v) is 11.7. The first-order valence-corrected chi connectivity index (χ1v) is 8.26. The summed E-state index contributed by atoms with van der Waals surface area (Å²) in [5.41, 5.74) is 7.30. The lowest BCUT2D eigenvalue weighted by atomic mass is 10.0. The second kappa shape index (κ2) is 6.07. The second-order valence-corrected chi connectivity index (χ2v) is 7.12. The molecule has 3 N–H and O–H groups in total. The van der Waals surface area contributed by atoms with Gasteiger partial charge in [-0.15, -0.1) is 11.3 Å². The Kier molecular flexibility index (Phi) is 4.68. The molecular formula is C10H18N4O2S2. The number of rotatable bonds is 5. The van der Waals surface area contributed by atoms with E-state index in [2.05, 4.69) is 9.71 Å². The standard InChI is InChI=1S/C10H18N4O2S2/c11-4-9-2-1-3-14(7-9)18(15,16)13-6-10-5-12-8-17-10/h5,8-9,13H,1-4,6-7,11H2. The third-order valence-corrected chi connectivity index (χ3v) is 5.37. The van der Waals surface area contributed by atoms with E-state index in [9.17, 15) is 8.42 Å². The third-order valence-electron chi connectivity index (χ3n) is 3.07. The van der Waals surface area contributed by atoms with Gasteiger partial charge >= 0.3 is 0 Å². The molecular weight excluding hydrogens is 272 g/mol. The van der Waals surface area contributed by atoms with Gasteiger partial charge in [-0.05, 0) is 25.3 Å². The molecule has 0 saturated carbocycles. The van der Waals surface area contributed by atoms with Crippen LogP contribution in [0.1, 0.15) is 17.7 Å². The van der Waals surface area contributed by atoms with Crippen molar-refractivity contribution in [1.82, 2.24) is 14.0 Å². The molecule has 1 aliphatic rings. The predicted octanol–water partition coefficient (Wildman–Crippen LogP) is 0.148. The van der Waals surface area contributed by atoms with Gasteiger partial charge in [0.1, 0.15) is 0 Å². The molecule has 18 heavy (non-hydrogen) atoms. The fraction of sp³-hybridized carbons (Fsp3) is 0.700. The van der Waals surface area contributed by atoms with Gasteiger partial charge in [-0.3, -0.25) is 4.98 Å². The number of piperidine rings is 1. The molecule has 0 amide bonds. The number of thiazole rings is 1. The van der Waals surface area contributed by atoms with Crippen molar-refractivity contribution in [2.24, 2.45) is 11.7 Å². The average Bonchev–Trinajstić information content (AvgIpc) is 2.90. The molecule has 1 aromatic heterocycles. The van der Waals surface area contributed by atoms with Crippen LogP contribution in [-0.4, -0.2) is 37.3 Å². The molecule has 0 aliphatic carbocycles. The van der Waals surface area contributed by atoms with Gasteiger partial charge in [-0.1, -0.05) is 0 Å². The number of nitrogens with two attached hydrogens (primary N) is 1. The Morgan fingerprint density at radius 2 is 2.44 bits per heavy atom. The molecule has 1 atom stereocenters. The lowest BCUT2D eigenvalue weighted by Gasteiger charge is -2.31. The molecule has 0 bridgehead atoms. The maximum Gasteiger partial charge on any atom is 0.279 e. The Hall–Kier alpha value is -0.540. The summed E-state index contributed by atoms with van der Waals surface area (Å²) < 4.78 is 28.3. The van der Waals surface area contributed by atoms with Gasteiger partial charge in [0.15, 0.2) is 0 Å². The molecule has 1 fully saturated rings. The molecule has 2 heterocycles. The minimum atomic E-state index is -3.40. The molecule has 1 unspecified atom stereocenters. The Morgan fingerprint density at radius 3 is 3.11 bits per heavy atom. The van der Waals surface area contributed by atoms with Crippen LogP contribution < -0.4 is 10.5 Å². The molecule has 1 aromatic rings. The van der Waals surface area contributed by atoms with Crippen molar-refractivity contribution in [2.45, 2.75) is 19.4 Å². The molecule has 0 radical (unpaired) electrons. The highest BCUT2D eigenvalue weighted by Gasteiger charge is 2.27. The first kappa shape index (κ1) is 13.9. The zero-order chi connectivity index (χ0) is 13.0. The van der Waals surface area contributed by atoms with Crippen LogP contribution >= 0.6 is 11.3 Å². The number of nitrogens with zero attached hydrogens (tertiary/aromatic N) is 2. The van der Waals surface area contributed by atoms with Crippen LogP contribution in [0.5, 0.6) is 0 Å². The van der Waals surface area contributed by atoms with Gasteiger partial charge in [-0.2, -0.15) is 17.4 Å². The number of hydrogen-bond donors (Lipinski definition) is 2. The van der Waals surface area contributed by atoms with Gasteiger partial charge < -0.3 is 5.73 Å². The van der Waals surface area contributed by atoms with E-state index in [1.165, 1.54) is 15.6 Å². The molecule has 8 heteroatoms. The summed E-state index contributed by atoms with van der Waals surface area (Å²) in [5, 5.41) is 0. The Balaban J connectivity index is 1.93. The minimum absolute atomic E-state index is 0.277. The zero-order valence-electron chi connectivity index (χ0n) is 10.1. The lowest BCUT2D eigenvalue weighted by molar-refractivity contribution is 0.268. The van der Waals surface area contributed by atoms with E-state index in [1.54, 1.807) is 11.7 Å². The van der Waals surface area contributed by atoms with E-state index in [4.69, 9.17) is 5.73 Å². The largest absolute Gasteiger partial charge is 0.330 e. The number of aromatic nitrogens is 1. The molecule has 0 spiro atoms. The molecule has 1 aliphatic heterocycles. The van der Waals surface area contributed by atoms with E-state index in [0.717, 1.165) is 17.7 Å². The first-order chi connectivity index (χ1) is 8.62. The van der Waals surface area contributed by atoms with Crippen LogP contribution in [0, 0.1) is 5.92 Å². The smallest absolute Gasteiger partial charge is 0.279 e. The highest BCUT2D eigenvalue weighted by atomic mass is 32.2. The van der Waals surface area contributed by atoms with Crippen molar-refractivity contribution < 1.29 is 8.42 Å². The predicted molar refractivity (Wildman–Crippen MR) is 71.2 cm³/mol. The van der Waals surface area contributed by atoms with Crippen LogP contribution in [0.15, 0.2) is 11.7 Å². The fourth-order valence-corrected chi connectivity index (χ4v) is 3.94. The van der Waals surface area contributed by atoms with Crippen LogP contribution in [0.25, 0.3) is 0 Å². The first-order valence-electron chi connectivity index (χ1n) is 5.94. The maximum absolute atomic E-state index is 12.1. The van der Waals surface area contributed by atoms with E-state index < -0.39 is 10.2 Å². The van der Waals surface area contributed by atoms with Crippen molar-refractivity contribution in [1.29, 1.82) is 0 Å². The number of hydrogen-bond acceptors (Lipinski definition) is 5. The van der Waals surface area contributed by atoms with Crippen molar-refractivity contribution >= 4 is 21.5 Å². The third kappa shape index (κ3) is 3.48. The van der Waals surface area contributed by atoms with Crippen LogP contribution in [0.4, 0.5) is 0 Å². The van der Waals surface area contributed by atoms with Gasteiger partial charge in [-0.25, -0.2) is 0 Å². The monoisotopic (exact) mass is 290 g/mol. The van der Waals surface area contributed by atoms with Crippen molar-refractivity contribution in [3.05, 3.63) is 16.6 Å². The van der Waals surface area contributed by atoms with Crippen molar-refractivity contribution in [3.8, 4) is 0 Å². The SMILES string of the molecule is NCC1CCCN(S(=O)(=O)NCc2cncs2)C1. The van der Waals surface area contributed by atoms with E-state index >= 15 is 0 Å². The lowest BCUT2D eigenvalue weighted by Crippen LogP contribution is -2.46.